The normalized spacial score (nSPS) is 13.7. The van der Waals surface area contributed by atoms with Crippen molar-refractivity contribution in [1.29, 1.82) is 0 Å². The minimum Gasteiger partial charge on any atom is -0.312 e. The summed E-state index contributed by atoms with van der Waals surface area (Å²) < 4.78 is 4.96. The third-order valence-electron chi connectivity index (χ3n) is 6.47. The first-order valence-electron chi connectivity index (χ1n) is 12.0. The lowest BCUT2D eigenvalue weighted by Gasteiger charge is -2.29. The van der Waals surface area contributed by atoms with Crippen LogP contribution >= 0.6 is 0 Å². The monoisotopic (exact) mass is 437 g/mol. The van der Waals surface area contributed by atoms with Crippen molar-refractivity contribution >= 4 is 22.8 Å². The first-order chi connectivity index (χ1) is 15.4. The molecule has 0 spiro atoms. The Labute approximate surface area is 189 Å². The van der Waals surface area contributed by atoms with Crippen LogP contribution in [-0.4, -0.2) is 25.2 Å². The smallest absolute Gasteiger partial charge is 0.312 e. The van der Waals surface area contributed by atoms with Crippen LogP contribution in [0.25, 0.3) is 11.2 Å². The number of unbranched alkanes of at least 4 members (excludes halogenated alkanes) is 5. The molecule has 3 aromatic rings. The molecule has 0 fully saturated rings. The van der Waals surface area contributed by atoms with Gasteiger partial charge in [-0.2, -0.15) is 4.98 Å². The fraction of sp³-hybridized carbons (Fsp3) is 0.560. The molecule has 1 aliphatic heterocycles. The Hall–Kier alpha value is -2.83. The maximum absolute atomic E-state index is 13.4. The summed E-state index contributed by atoms with van der Waals surface area (Å²) in [4.78, 5) is 33.4. The number of imidazole rings is 1. The molecule has 0 saturated carbocycles. The highest BCUT2D eigenvalue weighted by molar-refractivity contribution is 5.77. The van der Waals surface area contributed by atoms with E-state index in [2.05, 4.69) is 43.9 Å². The van der Waals surface area contributed by atoms with E-state index in [1.54, 1.807) is 11.6 Å². The summed E-state index contributed by atoms with van der Waals surface area (Å²) in [7, 11) is 1.72. The van der Waals surface area contributed by atoms with Gasteiger partial charge in [-0.05, 0) is 49.9 Å². The van der Waals surface area contributed by atoms with Crippen molar-refractivity contribution in [3.8, 4) is 0 Å². The number of hydrogen-bond acceptors (Lipinski definition) is 4. The zero-order chi connectivity index (χ0) is 22.8. The maximum Gasteiger partial charge on any atom is 0.332 e. The molecule has 0 unspecified atom stereocenters. The van der Waals surface area contributed by atoms with E-state index < -0.39 is 0 Å². The van der Waals surface area contributed by atoms with Gasteiger partial charge in [-0.25, -0.2) is 4.79 Å². The summed E-state index contributed by atoms with van der Waals surface area (Å²) >= 11 is 0. The van der Waals surface area contributed by atoms with E-state index in [9.17, 15) is 9.59 Å². The minimum atomic E-state index is -0.274. The molecule has 3 heterocycles. The summed E-state index contributed by atoms with van der Waals surface area (Å²) in [5, 5.41) is 0. The van der Waals surface area contributed by atoms with Crippen LogP contribution in [0, 0.1) is 13.8 Å². The van der Waals surface area contributed by atoms with E-state index in [1.165, 1.54) is 35.0 Å². The second kappa shape index (κ2) is 9.35. The third kappa shape index (κ3) is 4.12. The Morgan fingerprint density at radius 3 is 2.34 bits per heavy atom. The first kappa shape index (κ1) is 22.4. The number of benzene rings is 1. The SMILES string of the molecule is CCCCCCCCn1c(=O)c2c(nc3n2CCCN3c2cc(C)cc(C)c2)n(C)c1=O. The molecule has 0 aliphatic carbocycles. The number of hydrogen-bond donors (Lipinski definition) is 0. The van der Waals surface area contributed by atoms with Gasteiger partial charge in [0.15, 0.2) is 11.2 Å². The molecule has 172 valence electrons. The molecule has 1 aromatic carbocycles. The number of rotatable bonds is 8. The van der Waals surface area contributed by atoms with Gasteiger partial charge in [-0.1, -0.05) is 45.1 Å². The lowest BCUT2D eigenvalue weighted by atomic mass is 10.1. The molecule has 7 nitrogen and oxygen atoms in total. The number of anilines is 2. The van der Waals surface area contributed by atoms with Gasteiger partial charge in [0.2, 0.25) is 5.95 Å². The summed E-state index contributed by atoms with van der Waals surface area (Å²) in [5.74, 6) is 0.751. The second-order valence-electron chi connectivity index (χ2n) is 9.15. The van der Waals surface area contributed by atoms with Gasteiger partial charge in [0.1, 0.15) is 0 Å². The molecule has 0 radical (unpaired) electrons. The number of aryl methyl sites for hydroxylation is 4. The summed E-state index contributed by atoms with van der Waals surface area (Å²) in [5.41, 5.74) is 4.01. The molecule has 0 atom stereocenters. The molecular weight excluding hydrogens is 402 g/mol. The predicted octanol–water partition coefficient (Wildman–Crippen LogP) is 4.42. The average Bonchev–Trinajstić information content (AvgIpc) is 3.16. The van der Waals surface area contributed by atoms with Crippen LogP contribution in [0.5, 0.6) is 0 Å². The van der Waals surface area contributed by atoms with Gasteiger partial charge in [-0.15, -0.1) is 0 Å². The maximum atomic E-state index is 13.4. The molecule has 0 amide bonds. The number of fused-ring (bicyclic) bond motifs is 3. The standard InChI is InChI=1S/C25H35N5O2/c1-5-6-7-8-9-10-12-30-23(31)21-22(27(4)25(30)32)26-24-28(13-11-14-29(21)24)20-16-18(2)15-19(3)17-20/h15-17H,5-14H2,1-4H3. The van der Waals surface area contributed by atoms with Gasteiger partial charge < -0.3 is 9.47 Å². The topological polar surface area (TPSA) is 65.1 Å². The lowest BCUT2D eigenvalue weighted by molar-refractivity contribution is 0.524. The van der Waals surface area contributed by atoms with Crippen molar-refractivity contribution in [2.45, 2.75) is 78.8 Å². The molecule has 0 saturated heterocycles. The van der Waals surface area contributed by atoms with Crippen LogP contribution in [0.4, 0.5) is 11.6 Å². The van der Waals surface area contributed by atoms with E-state index in [0.717, 1.165) is 50.4 Å². The van der Waals surface area contributed by atoms with Crippen LogP contribution in [0.1, 0.15) is 63.0 Å². The zero-order valence-corrected chi connectivity index (χ0v) is 19.9. The molecule has 2 aromatic heterocycles. The van der Waals surface area contributed by atoms with E-state index >= 15 is 0 Å². The largest absolute Gasteiger partial charge is 0.332 e. The van der Waals surface area contributed by atoms with E-state index in [-0.39, 0.29) is 11.2 Å². The van der Waals surface area contributed by atoms with Gasteiger partial charge in [0.05, 0.1) is 0 Å². The van der Waals surface area contributed by atoms with Crippen molar-refractivity contribution < 1.29 is 0 Å². The number of aromatic nitrogens is 4. The van der Waals surface area contributed by atoms with E-state index in [0.29, 0.717) is 17.7 Å². The van der Waals surface area contributed by atoms with Crippen molar-refractivity contribution in [3.05, 3.63) is 50.2 Å². The third-order valence-corrected chi connectivity index (χ3v) is 6.47. The van der Waals surface area contributed by atoms with E-state index in [1.807, 2.05) is 4.57 Å². The van der Waals surface area contributed by atoms with Crippen LogP contribution in [0.3, 0.4) is 0 Å². The summed E-state index contributed by atoms with van der Waals surface area (Å²) in [6.45, 7) is 8.42. The van der Waals surface area contributed by atoms with Gasteiger partial charge in [0, 0.05) is 32.4 Å². The average molecular weight is 438 g/mol. The Morgan fingerprint density at radius 1 is 0.938 bits per heavy atom. The number of nitrogens with zero attached hydrogens (tertiary/aromatic N) is 5. The predicted molar refractivity (Wildman–Crippen MR) is 130 cm³/mol. The minimum absolute atomic E-state index is 0.210. The fourth-order valence-corrected chi connectivity index (χ4v) is 4.86. The van der Waals surface area contributed by atoms with Crippen LogP contribution in [-0.2, 0) is 20.1 Å². The van der Waals surface area contributed by atoms with Gasteiger partial charge in [0.25, 0.3) is 5.56 Å². The molecule has 32 heavy (non-hydrogen) atoms. The van der Waals surface area contributed by atoms with E-state index in [4.69, 9.17) is 4.98 Å². The molecule has 7 heteroatoms. The molecule has 0 bridgehead atoms. The van der Waals surface area contributed by atoms with Crippen molar-refractivity contribution in [1.82, 2.24) is 18.7 Å². The molecule has 0 N–H and O–H groups in total. The molecule has 4 rings (SSSR count). The Bertz CT molecular complexity index is 1210. The highest BCUT2D eigenvalue weighted by Crippen LogP contribution is 2.32. The zero-order valence-electron chi connectivity index (χ0n) is 19.9. The summed E-state index contributed by atoms with van der Waals surface area (Å²) in [6, 6.07) is 6.46. The highest BCUT2D eigenvalue weighted by atomic mass is 16.2. The highest BCUT2D eigenvalue weighted by Gasteiger charge is 2.27. The van der Waals surface area contributed by atoms with Gasteiger partial charge in [-0.3, -0.25) is 13.9 Å². The Morgan fingerprint density at radius 2 is 1.62 bits per heavy atom. The summed E-state index contributed by atoms with van der Waals surface area (Å²) in [6.07, 6.45) is 7.63. The molecule has 1 aliphatic rings. The second-order valence-corrected chi connectivity index (χ2v) is 9.15. The Kier molecular flexibility index (Phi) is 6.53. The quantitative estimate of drug-likeness (QED) is 0.490. The van der Waals surface area contributed by atoms with Crippen LogP contribution in [0.2, 0.25) is 0 Å². The van der Waals surface area contributed by atoms with Crippen molar-refractivity contribution in [3.63, 3.8) is 0 Å². The van der Waals surface area contributed by atoms with Crippen LogP contribution in [0.15, 0.2) is 27.8 Å². The first-order valence-corrected chi connectivity index (χ1v) is 12.0. The molecular formula is C25H35N5O2. The lowest BCUT2D eigenvalue weighted by Crippen LogP contribution is -2.40. The van der Waals surface area contributed by atoms with Crippen molar-refractivity contribution in [2.24, 2.45) is 7.05 Å². The van der Waals surface area contributed by atoms with Gasteiger partial charge >= 0.3 is 5.69 Å². The van der Waals surface area contributed by atoms with Crippen molar-refractivity contribution in [2.75, 3.05) is 11.4 Å². The Balaban J connectivity index is 1.73. The van der Waals surface area contributed by atoms with Crippen LogP contribution < -0.4 is 16.1 Å². The fourth-order valence-electron chi connectivity index (χ4n) is 4.86.